The molecule has 2 rings (SSSR count). The van der Waals surface area contributed by atoms with Gasteiger partial charge < -0.3 is 15.5 Å². The zero-order valence-electron chi connectivity index (χ0n) is 10.8. The highest BCUT2D eigenvalue weighted by atomic mass is 16.3. The van der Waals surface area contributed by atoms with E-state index in [4.69, 9.17) is 0 Å². The van der Waals surface area contributed by atoms with Crippen molar-refractivity contribution in [3.63, 3.8) is 0 Å². The lowest BCUT2D eigenvalue weighted by atomic mass is 9.94. The lowest BCUT2D eigenvalue weighted by molar-refractivity contribution is 0.389. The normalized spacial score (nSPS) is 20.8. The first-order chi connectivity index (χ1) is 8.68. The summed E-state index contributed by atoms with van der Waals surface area (Å²) in [5.74, 6) is 0.961. The zero-order chi connectivity index (χ0) is 13.0. The first-order valence-electron chi connectivity index (χ1n) is 6.57. The molecule has 1 aromatic rings. The molecule has 3 heteroatoms. The number of nitrogens with one attached hydrogen (secondary N) is 1. The first-order valence-corrected chi connectivity index (χ1v) is 6.57. The van der Waals surface area contributed by atoms with Crippen molar-refractivity contribution in [1.29, 1.82) is 0 Å². The minimum absolute atomic E-state index is 0.0443. The van der Waals surface area contributed by atoms with Crippen LogP contribution in [0.1, 0.15) is 37.8 Å². The molecule has 0 radical (unpaired) electrons. The van der Waals surface area contributed by atoms with E-state index in [0.29, 0.717) is 11.5 Å². The molecule has 0 amide bonds. The van der Waals surface area contributed by atoms with Gasteiger partial charge in [-0.1, -0.05) is 18.2 Å². The van der Waals surface area contributed by atoms with E-state index in [2.05, 4.69) is 17.5 Å². The zero-order valence-corrected chi connectivity index (χ0v) is 10.8. The van der Waals surface area contributed by atoms with Crippen LogP contribution in [-0.4, -0.2) is 16.8 Å². The van der Waals surface area contributed by atoms with Gasteiger partial charge in [-0.05, 0) is 50.8 Å². The van der Waals surface area contributed by atoms with E-state index in [1.54, 1.807) is 18.2 Å². The van der Waals surface area contributed by atoms with Crippen molar-refractivity contribution in [3.8, 4) is 11.5 Å². The maximum atomic E-state index is 9.79. The number of allylic oxidation sites excluding steroid dienone is 2. The second-order valence-electron chi connectivity index (χ2n) is 4.99. The Balaban J connectivity index is 1.95. The molecule has 0 saturated carbocycles. The summed E-state index contributed by atoms with van der Waals surface area (Å²) in [6.45, 7) is 2.88. The van der Waals surface area contributed by atoms with Crippen molar-refractivity contribution < 1.29 is 10.2 Å². The van der Waals surface area contributed by atoms with Crippen molar-refractivity contribution in [2.75, 3.05) is 6.54 Å². The van der Waals surface area contributed by atoms with Gasteiger partial charge in [0.05, 0.1) is 5.56 Å². The van der Waals surface area contributed by atoms with E-state index >= 15 is 0 Å². The summed E-state index contributed by atoms with van der Waals surface area (Å²) >= 11 is 0. The number of phenolic OH excluding ortho intramolecular Hbond substituents is 2. The van der Waals surface area contributed by atoms with Crippen LogP contribution in [0.25, 0.3) is 0 Å². The second kappa shape index (κ2) is 5.91. The molecule has 3 nitrogen and oxygen atoms in total. The van der Waals surface area contributed by atoms with Gasteiger partial charge in [0, 0.05) is 6.04 Å². The topological polar surface area (TPSA) is 52.5 Å². The highest BCUT2D eigenvalue weighted by Gasteiger charge is 2.16. The molecule has 0 bridgehead atoms. The van der Waals surface area contributed by atoms with Crippen molar-refractivity contribution >= 4 is 0 Å². The summed E-state index contributed by atoms with van der Waals surface area (Å²) in [7, 11) is 0. The van der Waals surface area contributed by atoms with Crippen LogP contribution >= 0.6 is 0 Å². The number of rotatable bonds is 4. The van der Waals surface area contributed by atoms with Gasteiger partial charge in [-0.15, -0.1) is 0 Å². The van der Waals surface area contributed by atoms with Gasteiger partial charge in [-0.2, -0.15) is 0 Å². The van der Waals surface area contributed by atoms with E-state index in [-0.39, 0.29) is 17.5 Å². The van der Waals surface area contributed by atoms with Crippen LogP contribution in [0.5, 0.6) is 11.5 Å². The van der Waals surface area contributed by atoms with Crippen molar-refractivity contribution in [3.05, 3.63) is 35.9 Å². The van der Waals surface area contributed by atoms with E-state index in [1.165, 1.54) is 6.42 Å². The summed E-state index contributed by atoms with van der Waals surface area (Å²) in [5.41, 5.74) is 0.587. The maximum absolute atomic E-state index is 9.79. The molecule has 98 valence electrons. The minimum Gasteiger partial charge on any atom is -0.507 e. The van der Waals surface area contributed by atoms with Crippen LogP contribution in [0.15, 0.2) is 30.4 Å². The number of phenols is 2. The van der Waals surface area contributed by atoms with Crippen LogP contribution in [0, 0.1) is 5.92 Å². The largest absolute Gasteiger partial charge is 0.507 e. The monoisotopic (exact) mass is 247 g/mol. The maximum Gasteiger partial charge on any atom is 0.124 e. The predicted molar refractivity (Wildman–Crippen MR) is 72.7 cm³/mol. The summed E-state index contributed by atoms with van der Waals surface area (Å²) in [6, 6.07) is 4.82. The lowest BCUT2D eigenvalue weighted by Crippen LogP contribution is -2.26. The van der Waals surface area contributed by atoms with Crippen LogP contribution in [0.3, 0.4) is 0 Å². The number of hydrogen-bond donors (Lipinski definition) is 3. The summed E-state index contributed by atoms with van der Waals surface area (Å²) in [6.07, 6.45) is 7.95. The van der Waals surface area contributed by atoms with Gasteiger partial charge in [-0.25, -0.2) is 0 Å². The molecule has 3 N–H and O–H groups in total. The molecule has 2 unspecified atom stereocenters. The standard InChI is InChI=1S/C15H21NO2/c1-11(15-13(17)8-5-9-14(15)18)16-10-12-6-3-2-4-7-12/h2-3,5,8-9,11-12,16-18H,4,6-7,10H2,1H3. The Morgan fingerprint density at radius 3 is 2.61 bits per heavy atom. The molecule has 0 fully saturated rings. The van der Waals surface area contributed by atoms with E-state index in [9.17, 15) is 10.2 Å². The molecule has 18 heavy (non-hydrogen) atoms. The summed E-state index contributed by atoms with van der Waals surface area (Å²) < 4.78 is 0. The Hall–Kier alpha value is -1.48. The molecular weight excluding hydrogens is 226 g/mol. The molecule has 0 spiro atoms. The summed E-state index contributed by atoms with van der Waals surface area (Å²) in [4.78, 5) is 0. The highest BCUT2D eigenvalue weighted by molar-refractivity contribution is 5.44. The second-order valence-corrected chi connectivity index (χ2v) is 4.99. The van der Waals surface area contributed by atoms with E-state index in [0.717, 1.165) is 19.4 Å². The van der Waals surface area contributed by atoms with Gasteiger partial charge in [0.25, 0.3) is 0 Å². The molecule has 0 aromatic heterocycles. The molecule has 0 saturated heterocycles. The van der Waals surface area contributed by atoms with Crippen LogP contribution < -0.4 is 5.32 Å². The molecule has 0 aliphatic heterocycles. The van der Waals surface area contributed by atoms with Gasteiger partial charge in [0.1, 0.15) is 11.5 Å². The first kappa shape index (κ1) is 13.0. The van der Waals surface area contributed by atoms with Gasteiger partial charge in [-0.3, -0.25) is 0 Å². The SMILES string of the molecule is CC(NCC1CC=CCC1)c1c(O)cccc1O. The molecule has 1 aromatic carbocycles. The Bertz CT molecular complexity index is 408. The van der Waals surface area contributed by atoms with Crippen LogP contribution in [0.2, 0.25) is 0 Å². The number of benzene rings is 1. The molecule has 1 aliphatic carbocycles. The van der Waals surface area contributed by atoms with Crippen molar-refractivity contribution in [2.45, 2.75) is 32.2 Å². The Morgan fingerprint density at radius 1 is 1.28 bits per heavy atom. The fraction of sp³-hybridized carbons (Fsp3) is 0.467. The summed E-state index contributed by atoms with van der Waals surface area (Å²) in [5, 5.41) is 23.0. The Kier molecular flexibility index (Phi) is 4.26. The highest BCUT2D eigenvalue weighted by Crippen LogP contribution is 2.32. The van der Waals surface area contributed by atoms with E-state index in [1.807, 2.05) is 6.92 Å². The Morgan fingerprint density at radius 2 is 2.00 bits per heavy atom. The fourth-order valence-corrected chi connectivity index (χ4v) is 2.47. The average Bonchev–Trinajstić information content (AvgIpc) is 2.37. The predicted octanol–water partition coefficient (Wildman–Crippen LogP) is 3.10. The molecule has 2 atom stereocenters. The average molecular weight is 247 g/mol. The fourth-order valence-electron chi connectivity index (χ4n) is 2.47. The molecule has 0 heterocycles. The third-order valence-electron chi connectivity index (χ3n) is 3.58. The quantitative estimate of drug-likeness (QED) is 0.717. The Labute approximate surface area is 108 Å². The van der Waals surface area contributed by atoms with E-state index < -0.39 is 0 Å². The van der Waals surface area contributed by atoms with Crippen molar-refractivity contribution in [2.24, 2.45) is 5.92 Å². The smallest absolute Gasteiger partial charge is 0.124 e. The number of aromatic hydroxyl groups is 2. The minimum atomic E-state index is -0.0443. The molecular formula is C15H21NO2. The van der Waals surface area contributed by atoms with Gasteiger partial charge in [0.15, 0.2) is 0 Å². The van der Waals surface area contributed by atoms with Crippen LogP contribution in [0.4, 0.5) is 0 Å². The van der Waals surface area contributed by atoms with Crippen molar-refractivity contribution in [1.82, 2.24) is 5.32 Å². The van der Waals surface area contributed by atoms with Crippen LogP contribution in [-0.2, 0) is 0 Å². The van der Waals surface area contributed by atoms with Gasteiger partial charge in [0.2, 0.25) is 0 Å². The number of hydrogen-bond acceptors (Lipinski definition) is 3. The van der Waals surface area contributed by atoms with Gasteiger partial charge >= 0.3 is 0 Å². The molecule has 1 aliphatic rings. The third kappa shape index (κ3) is 3.05. The third-order valence-corrected chi connectivity index (χ3v) is 3.58. The lowest BCUT2D eigenvalue weighted by Gasteiger charge is -2.22.